The first-order valence-corrected chi connectivity index (χ1v) is 14.6. The maximum Gasteiger partial charge on any atom is 0.408 e. The minimum Gasteiger partial charge on any atom is -0.444 e. The molecule has 0 aliphatic carbocycles. The molecule has 0 saturated carbocycles. The van der Waals surface area contributed by atoms with Crippen LogP contribution in [0.15, 0.2) is 36.4 Å². The Labute approximate surface area is 240 Å². The average Bonchev–Trinajstić information content (AvgIpc) is 2.83. The molecular weight excluding hydrogens is 538 g/mol. The number of alkyl carbamates (subject to hydrolysis) is 1. The van der Waals surface area contributed by atoms with E-state index in [1.807, 2.05) is 51.3 Å². The average molecular weight is 578 g/mol. The largest absolute Gasteiger partial charge is 0.444 e. The molecule has 3 amide bonds. The Bertz CT molecular complexity index is 1130. The van der Waals surface area contributed by atoms with Gasteiger partial charge in [0, 0.05) is 6.54 Å². The molecule has 0 heterocycles. The molecule has 2 atom stereocenters. The number of halogens is 1. The molecule has 0 spiro atoms. The van der Waals surface area contributed by atoms with Crippen molar-refractivity contribution in [2.75, 3.05) is 30.5 Å². The second-order valence-corrected chi connectivity index (χ2v) is 11.8. The highest BCUT2D eigenvalue weighted by molar-refractivity contribution is 7.98. The molecule has 2 aromatic rings. The first-order chi connectivity index (χ1) is 18.3. The quantitative estimate of drug-likeness (QED) is 0.329. The molecule has 0 saturated heterocycles. The van der Waals surface area contributed by atoms with Gasteiger partial charge in [0.05, 0.1) is 17.3 Å². The second kappa shape index (κ2) is 14.6. The van der Waals surface area contributed by atoms with Crippen LogP contribution in [0.3, 0.4) is 0 Å². The van der Waals surface area contributed by atoms with Gasteiger partial charge < -0.3 is 25.4 Å². The van der Waals surface area contributed by atoms with Crippen molar-refractivity contribution in [3.8, 4) is 0 Å². The van der Waals surface area contributed by atoms with E-state index >= 15 is 0 Å². The lowest BCUT2D eigenvalue weighted by Crippen LogP contribution is -2.53. The number of amides is 3. The predicted molar refractivity (Wildman–Crippen MR) is 158 cm³/mol. The van der Waals surface area contributed by atoms with Crippen LogP contribution in [-0.2, 0) is 14.3 Å². The predicted octanol–water partition coefficient (Wildman–Crippen LogP) is 5.41. The molecule has 2 rings (SSSR count). The molecule has 39 heavy (non-hydrogen) atoms. The fourth-order valence-electron chi connectivity index (χ4n) is 4.29. The van der Waals surface area contributed by atoms with Crippen molar-refractivity contribution >= 4 is 47.0 Å². The smallest absolute Gasteiger partial charge is 0.408 e. The summed E-state index contributed by atoms with van der Waals surface area (Å²) in [7, 11) is 0. The molecular formula is C29H40ClN3O5S. The third-order valence-corrected chi connectivity index (χ3v) is 7.03. The number of anilines is 1. The van der Waals surface area contributed by atoms with Crippen molar-refractivity contribution in [2.24, 2.45) is 0 Å². The zero-order valence-electron chi connectivity index (χ0n) is 23.8. The molecule has 0 bridgehead atoms. The Hall–Kier alpha value is -2.75. The summed E-state index contributed by atoms with van der Waals surface area (Å²) < 4.78 is 5.40. The molecule has 0 aromatic heterocycles. The zero-order valence-corrected chi connectivity index (χ0v) is 25.3. The van der Waals surface area contributed by atoms with Gasteiger partial charge in [-0.3, -0.25) is 9.59 Å². The number of ether oxygens (including phenoxy) is 1. The standard InChI is InChI=1S/C29H40ClN3O5S/c1-18-10-8-11-19(2)23(18)25(26(35)32-24-20(3)12-9-13-21(24)30)33(15-16-34)27(36)22(14-17-39-7)31-28(37)38-29(4,5)6/h8-13,22,25,34H,14-17H2,1-7H3,(H,31,37)(H,32,35). The Balaban J connectivity index is 2.59. The van der Waals surface area contributed by atoms with E-state index in [2.05, 4.69) is 10.6 Å². The van der Waals surface area contributed by atoms with Gasteiger partial charge in [-0.15, -0.1) is 0 Å². The first-order valence-electron chi connectivity index (χ1n) is 12.8. The molecule has 10 heteroatoms. The molecule has 0 aliphatic rings. The minimum absolute atomic E-state index is 0.127. The van der Waals surface area contributed by atoms with Crippen LogP contribution in [0.4, 0.5) is 10.5 Å². The maximum absolute atomic E-state index is 14.1. The van der Waals surface area contributed by atoms with Gasteiger partial charge in [0.15, 0.2) is 0 Å². The van der Waals surface area contributed by atoms with Crippen molar-refractivity contribution in [2.45, 2.75) is 65.6 Å². The summed E-state index contributed by atoms with van der Waals surface area (Å²) in [6.45, 7) is 10.3. The molecule has 2 aromatic carbocycles. The van der Waals surface area contributed by atoms with E-state index in [9.17, 15) is 19.5 Å². The number of para-hydroxylation sites is 1. The number of nitrogens with zero attached hydrogens (tertiary/aromatic N) is 1. The third-order valence-electron chi connectivity index (χ3n) is 6.07. The van der Waals surface area contributed by atoms with Crippen LogP contribution in [0.2, 0.25) is 5.02 Å². The molecule has 0 fully saturated rings. The normalized spacial score (nSPS) is 12.8. The van der Waals surface area contributed by atoms with Crippen molar-refractivity contribution in [3.05, 3.63) is 63.7 Å². The number of aliphatic hydroxyl groups is 1. The Morgan fingerprint density at radius 3 is 2.18 bits per heavy atom. The number of hydrogen-bond donors (Lipinski definition) is 3. The molecule has 0 aliphatic heterocycles. The van der Waals surface area contributed by atoms with E-state index in [0.29, 0.717) is 28.4 Å². The van der Waals surface area contributed by atoms with Crippen LogP contribution < -0.4 is 10.6 Å². The van der Waals surface area contributed by atoms with Gasteiger partial charge in [-0.25, -0.2) is 4.79 Å². The molecule has 0 radical (unpaired) electrons. The molecule has 2 unspecified atom stereocenters. The molecule has 8 nitrogen and oxygen atoms in total. The highest BCUT2D eigenvalue weighted by atomic mass is 35.5. The summed E-state index contributed by atoms with van der Waals surface area (Å²) in [6, 6.07) is 8.85. The molecule has 3 N–H and O–H groups in total. The van der Waals surface area contributed by atoms with E-state index in [0.717, 1.165) is 16.7 Å². The Morgan fingerprint density at radius 1 is 1.05 bits per heavy atom. The van der Waals surface area contributed by atoms with E-state index in [-0.39, 0.29) is 13.2 Å². The number of aryl methyl sites for hydroxylation is 3. The van der Waals surface area contributed by atoms with Crippen molar-refractivity contribution < 1.29 is 24.2 Å². The third kappa shape index (κ3) is 9.15. The number of carbonyl (C=O) groups excluding carboxylic acids is 3. The zero-order chi connectivity index (χ0) is 29.3. The van der Waals surface area contributed by atoms with Crippen molar-refractivity contribution in [1.29, 1.82) is 0 Å². The van der Waals surface area contributed by atoms with E-state index in [1.54, 1.807) is 32.9 Å². The van der Waals surface area contributed by atoms with E-state index in [1.165, 1.54) is 16.7 Å². The highest BCUT2D eigenvalue weighted by Gasteiger charge is 2.37. The van der Waals surface area contributed by atoms with Crippen LogP contribution in [0.5, 0.6) is 0 Å². The van der Waals surface area contributed by atoms with Gasteiger partial charge in [-0.2, -0.15) is 11.8 Å². The van der Waals surface area contributed by atoms with Crippen molar-refractivity contribution in [1.82, 2.24) is 10.2 Å². The van der Waals surface area contributed by atoms with Gasteiger partial charge in [-0.1, -0.05) is 41.9 Å². The number of carbonyl (C=O) groups is 3. The number of hydrogen-bond acceptors (Lipinski definition) is 6. The lowest BCUT2D eigenvalue weighted by molar-refractivity contribution is -0.141. The van der Waals surface area contributed by atoms with Gasteiger partial charge in [-0.05, 0) is 88.3 Å². The van der Waals surface area contributed by atoms with Crippen LogP contribution >= 0.6 is 23.4 Å². The lowest BCUT2D eigenvalue weighted by atomic mass is 9.93. The van der Waals surface area contributed by atoms with Crippen LogP contribution in [0.25, 0.3) is 0 Å². The van der Waals surface area contributed by atoms with E-state index < -0.39 is 35.6 Å². The number of thioether (sulfide) groups is 1. The second-order valence-electron chi connectivity index (χ2n) is 10.4. The molecule has 214 valence electrons. The summed E-state index contributed by atoms with van der Waals surface area (Å²) in [4.78, 5) is 42.1. The van der Waals surface area contributed by atoms with Gasteiger partial charge in [0.2, 0.25) is 5.91 Å². The SMILES string of the molecule is CSCCC(NC(=O)OC(C)(C)C)C(=O)N(CCO)C(C(=O)Nc1c(C)cccc1Cl)c1c(C)cccc1C. The van der Waals surface area contributed by atoms with Crippen LogP contribution in [-0.4, -0.2) is 64.7 Å². The van der Waals surface area contributed by atoms with E-state index in [4.69, 9.17) is 16.3 Å². The summed E-state index contributed by atoms with van der Waals surface area (Å²) in [5, 5.41) is 16.0. The van der Waals surface area contributed by atoms with Gasteiger partial charge in [0.1, 0.15) is 17.7 Å². The summed E-state index contributed by atoms with van der Waals surface area (Å²) in [5.41, 5.74) is 2.71. The topological polar surface area (TPSA) is 108 Å². The summed E-state index contributed by atoms with van der Waals surface area (Å²) in [6.07, 6.45) is 1.48. The number of rotatable bonds is 11. The number of benzene rings is 2. The van der Waals surface area contributed by atoms with Gasteiger partial charge in [0.25, 0.3) is 5.91 Å². The summed E-state index contributed by atoms with van der Waals surface area (Å²) in [5.74, 6) is -0.396. The number of aliphatic hydroxyl groups excluding tert-OH is 1. The van der Waals surface area contributed by atoms with Crippen LogP contribution in [0, 0.1) is 20.8 Å². The van der Waals surface area contributed by atoms with Crippen LogP contribution in [0.1, 0.15) is 55.5 Å². The summed E-state index contributed by atoms with van der Waals surface area (Å²) >= 11 is 7.94. The lowest BCUT2D eigenvalue weighted by Gasteiger charge is -2.35. The fourth-order valence-corrected chi connectivity index (χ4v) is 5.03. The first kappa shape index (κ1) is 32.5. The van der Waals surface area contributed by atoms with Gasteiger partial charge >= 0.3 is 6.09 Å². The fraction of sp³-hybridized carbons (Fsp3) is 0.483. The monoisotopic (exact) mass is 577 g/mol. The minimum atomic E-state index is -1.10. The maximum atomic E-state index is 14.1. The Kier molecular flexibility index (Phi) is 12.1. The number of nitrogens with one attached hydrogen (secondary N) is 2. The highest BCUT2D eigenvalue weighted by Crippen LogP contribution is 2.32. The van der Waals surface area contributed by atoms with Crippen molar-refractivity contribution in [3.63, 3.8) is 0 Å². The Morgan fingerprint density at radius 2 is 1.64 bits per heavy atom.